The number of rotatable bonds is 4. The van der Waals surface area contributed by atoms with Gasteiger partial charge < -0.3 is 0 Å². The van der Waals surface area contributed by atoms with Crippen molar-refractivity contribution < 1.29 is 0 Å². The van der Waals surface area contributed by atoms with E-state index in [9.17, 15) is 0 Å². The van der Waals surface area contributed by atoms with Crippen molar-refractivity contribution in [3.63, 3.8) is 0 Å². The molecule has 0 aromatic carbocycles. The van der Waals surface area contributed by atoms with Crippen LogP contribution in [-0.2, 0) is 5.41 Å². The van der Waals surface area contributed by atoms with E-state index in [1.54, 1.807) is 0 Å². The molecule has 0 spiro atoms. The summed E-state index contributed by atoms with van der Waals surface area (Å²) in [6.45, 7) is 8.88. The first-order chi connectivity index (χ1) is 9.09. The first-order valence-electron chi connectivity index (χ1n) is 6.98. The van der Waals surface area contributed by atoms with Gasteiger partial charge in [-0.25, -0.2) is 0 Å². The fourth-order valence-corrected chi connectivity index (χ4v) is 2.28. The molecule has 2 aromatic heterocycles. The third-order valence-corrected chi connectivity index (χ3v) is 4.20. The predicted molar refractivity (Wildman–Crippen MR) is 80.1 cm³/mol. The first-order valence-corrected chi connectivity index (χ1v) is 6.98. The van der Waals surface area contributed by atoms with Gasteiger partial charge in [0.2, 0.25) is 0 Å². The fourth-order valence-electron chi connectivity index (χ4n) is 2.28. The number of hydrogen-bond donors (Lipinski definition) is 0. The Morgan fingerprint density at radius 1 is 0.947 bits per heavy atom. The van der Waals surface area contributed by atoms with Crippen molar-refractivity contribution in [3.05, 3.63) is 47.8 Å². The van der Waals surface area contributed by atoms with Gasteiger partial charge in [0, 0.05) is 12.4 Å². The molecule has 2 nitrogen and oxygen atoms in total. The van der Waals surface area contributed by atoms with Crippen LogP contribution in [0.25, 0.3) is 11.4 Å². The molecule has 0 radical (unpaired) electrons. The molecule has 2 aromatic rings. The van der Waals surface area contributed by atoms with Crippen LogP contribution in [0, 0.1) is 6.92 Å². The number of aromatic nitrogens is 2. The van der Waals surface area contributed by atoms with Gasteiger partial charge in [0.05, 0.1) is 11.4 Å². The normalized spacial score (nSPS) is 11.6. The molecule has 0 saturated carbocycles. The minimum absolute atomic E-state index is 0.224. The molecule has 0 aliphatic carbocycles. The van der Waals surface area contributed by atoms with E-state index in [0.29, 0.717) is 0 Å². The molecule has 0 N–H and O–H groups in total. The Kier molecular flexibility index (Phi) is 3.98. The molecule has 2 heterocycles. The van der Waals surface area contributed by atoms with Gasteiger partial charge in [-0.15, -0.1) is 0 Å². The number of nitrogens with zero attached hydrogens (tertiary/aromatic N) is 2. The van der Waals surface area contributed by atoms with Gasteiger partial charge in [-0.05, 0) is 60.6 Å². The summed E-state index contributed by atoms with van der Waals surface area (Å²) < 4.78 is 0. The monoisotopic (exact) mass is 254 g/mol. The summed E-state index contributed by atoms with van der Waals surface area (Å²) in [4.78, 5) is 8.89. The summed E-state index contributed by atoms with van der Waals surface area (Å²) >= 11 is 0. The summed E-state index contributed by atoms with van der Waals surface area (Å²) in [6.07, 6.45) is 6.01. The molecule has 0 aliphatic heterocycles. The molecular formula is C17H22N2. The largest absolute Gasteiger partial charge is 0.255 e. The molecule has 0 unspecified atom stereocenters. The molecule has 0 saturated heterocycles. The topological polar surface area (TPSA) is 25.8 Å². The van der Waals surface area contributed by atoms with Crippen LogP contribution in [0.4, 0.5) is 0 Å². The van der Waals surface area contributed by atoms with E-state index < -0.39 is 0 Å². The molecule has 2 heteroatoms. The van der Waals surface area contributed by atoms with Crippen LogP contribution < -0.4 is 0 Å². The van der Waals surface area contributed by atoms with Crippen LogP contribution in [-0.4, -0.2) is 9.97 Å². The van der Waals surface area contributed by atoms with E-state index in [1.165, 1.54) is 11.1 Å². The second-order valence-corrected chi connectivity index (χ2v) is 5.42. The molecule has 0 atom stereocenters. The van der Waals surface area contributed by atoms with Gasteiger partial charge in [-0.1, -0.05) is 20.8 Å². The van der Waals surface area contributed by atoms with E-state index in [4.69, 9.17) is 0 Å². The Hall–Kier alpha value is -1.70. The van der Waals surface area contributed by atoms with E-state index in [0.717, 1.165) is 24.2 Å². The highest BCUT2D eigenvalue weighted by atomic mass is 14.8. The van der Waals surface area contributed by atoms with Crippen LogP contribution in [0.5, 0.6) is 0 Å². The third kappa shape index (κ3) is 2.83. The van der Waals surface area contributed by atoms with Crippen molar-refractivity contribution >= 4 is 0 Å². The van der Waals surface area contributed by atoms with E-state index in [2.05, 4.69) is 55.9 Å². The standard InChI is InChI=1S/C17H22N2/c1-5-17(4,6-2)14-8-10-19-16(12-14)15-11-13(3)7-9-18-15/h7-12H,5-6H2,1-4H3. The number of pyridine rings is 2. The van der Waals surface area contributed by atoms with Gasteiger partial charge in [0.25, 0.3) is 0 Å². The highest BCUT2D eigenvalue weighted by molar-refractivity contribution is 5.56. The molecule has 0 bridgehead atoms. The van der Waals surface area contributed by atoms with Gasteiger partial charge in [-0.3, -0.25) is 9.97 Å². The van der Waals surface area contributed by atoms with Crippen LogP contribution in [0.3, 0.4) is 0 Å². The Labute approximate surface area is 115 Å². The zero-order valence-electron chi connectivity index (χ0n) is 12.3. The summed E-state index contributed by atoms with van der Waals surface area (Å²) in [5, 5.41) is 0. The van der Waals surface area contributed by atoms with Crippen LogP contribution in [0.1, 0.15) is 44.7 Å². The zero-order chi connectivity index (χ0) is 13.9. The lowest BCUT2D eigenvalue weighted by molar-refractivity contribution is 0.438. The summed E-state index contributed by atoms with van der Waals surface area (Å²) in [5.41, 5.74) is 4.71. The smallest absolute Gasteiger partial charge is 0.0889 e. The highest BCUT2D eigenvalue weighted by Gasteiger charge is 2.22. The molecule has 0 fully saturated rings. The molecule has 2 rings (SSSR count). The minimum Gasteiger partial charge on any atom is -0.255 e. The van der Waals surface area contributed by atoms with Crippen molar-refractivity contribution in [1.29, 1.82) is 0 Å². The van der Waals surface area contributed by atoms with Crippen molar-refractivity contribution in [2.75, 3.05) is 0 Å². The Balaban J connectivity index is 2.45. The SMILES string of the molecule is CCC(C)(CC)c1ccnc(-c2cc(C)ccn2)c1. The van der Waals surface area contributed by atoms with Crippen LogP contribution in [0.15, 0.2) is 36.7 Å². The van der Waals surface area contributed by atoms with E-state index in [1.807, 2.05) is 18.5 Å². The zero-order valence-corrected chi connectivity index (χ0v) is 12.3. The Morgan fingerprint density at radius 2 is 1.53 bits per heavy atom. The Bertz CT molecular complexity index is 557. The minimum atomic E-state index is 0.224. The Morgan fingerprint density at radius 3 is 2.11 bits per heavy atom. The maximum absolute atomic E-state index is 4.47. The summed E-state index contributed by atoms with van der Waals surface area (Å²) in [7, 11) is 0. The molecule has 100 valence electrons. The van der Waals surface area contributed by atoms with Gasteiger partial charge in [-0.2, -0.15) is 0 Å². The molecule has 0 aliphatic rings. The maximum atomic E-state index is 4.47. The lowest BCUT2D eigenvalue weighted by Gasteiger charge is -2.27. The molecule has 0 amide bonds. The third-order valence-electron chi connectivity index (χ3n) is 4.20. The number of aryl methyl sites for hydroxylation is 1. The van der Waals surface area contributed by atoms with Crippen molar-refractivity contribution in [2.24, 2.45) is 0 Å². The van der Waals surface area contributed by atoms with Gasteiger partial charge in [0.1, 0.15) is 0 Å². The summed E-state index contributed by atoms with van der Waals surface area (Å²) in [5.74, 6) is 0. The van der Waals surface area contributed by atoms with Gasteiger partial charge in [0.15, 0.2) is 0 Å². The average molecular weight is 254 g/mol. The van der Waals surface area contributed by atoms with Crippen molar-refractivity contribution in [3.8, 4) is 11.4 Å². The predicted octanol–water partition coefficient (Wildman–Crippen LogP) is 4.53. The second-order valence-electron chi connectivity index (χ2n) is 5.42. The fraction of sp³-hybridized carbons (Fsp3) is 0.412. The van der Waals surface area contributed by atoms with Gasteiger partial charge >= 0.3 is 0 Å². The highest BCUT2D eigenvalue weighted by Crippen LogP contribution is 2.32. The van der Waals surface area contributed by atoms with E-state index in [-0.39, 0.29) is 5.41 Å². The number of hydrogen-bond acceptors (Lipinski definition) is 2. The first kappa shape index (κ1) is 13.7. The van der Waals surface area contributed by atoms with Crippen molar-refractivity contribution in [1.82, 2.24) is 9.97 Å². The van der Waals surface area contributed by atoms with Crippen molar-refractivity contribution in [2.45, 2.75) is 46.0 Å². The summed E-state index contributed by atoms with van der Waals surface area (Å²) in [6, 6.07) is 8.41. The lowest BCUT2D eigenvalue weighted by Crippen LogP contribution is -2.19. The average Bonchev–Trinajstić information content (AvgIpc) is 2.46. The van der Waals surface area contributed by atoms with Crippen LogP contribution >= 0.6 is 0 Å². The quantitative estimate of drug-likeness (QED) is 0.801. The molecular weight excluding hydrogens is 232 g/mol. The maximum Gasteiger partial charge on any atom is 0.0889 e. The van der Waals surface area contributed by atoms with Crippen LogP contribution in [0.2, 0.25) is 0 Å². The molecule has 19 heavy (non-hydrogen) atoms. The lowest BCUT2D eigenvalue weighted by atomic mass is 9.78. The van der Waals surface area contributed by atoms with E-state index >= 15 is 0 Å². The second kappa shape index (κ2) is 5.52.